The van der Waals surface area contributed by atoms with Crippen LogP contribution in [0.1, 0.15) is 22.3 Å². The number of ketones is 1. The monoisotopic (exact) mass is 228 g/mol. The van der Waals surface area contributed by atoms with E-state index in [1.54, 1.807) is 17.8 Å². The van der Waals surface area contributed by atoms with Crippen LogP contribution in [0.15, 0.2) is 18.2 Å². The Morgan fingerprint density at radius 3 is 2.86 bits per heavy atom. The molecule has 0 bridgehead atoms. The first-order valence-corrected chi connectivity index (χ1v) is 6.20. The minimum absolute atomic E-state index is 0.180. The molecule has 0 aliphatic carbocycles. The molecule has 3 heteroatoms. The molecular weight excluding hydrogens is 216 g/mol. The lowest BCUT2D eigenvalue weighted by Crippen LogP contribution is -2.02. The van der Waals surface area contributed by atoms with Crippen molar-refractivity contribution in [2.75, 3.05) is 12.0 Å². The van der Waals surface area contributed by atoms with Crippen molar-refractivity contribution in [2.24, 2.45) is 0 Å². The van der Waals surface area contributed by atoms with Crippen LogP contribution in [0.2, 0.25) is 5.02 Å². The highest BCUT2D eigenvalue weighted by atomic mass is 35.5. The van der Waals surface area contributed by atoms with E-state index in [0.29, 0.717) is 11.4 Å². The summed E-state index contributed by atoms with van der Waals surface area (Å²) in [5, 5.41) is 0.628. The summed E-state index contributed by atoms with van der Waals surface area (Å²) < 4.78 is 0. The lowest BCUT2D eigenvalue weighted by atomic mass is 10.0. The largest absolute Gasteiger partial charge is 0.294 e. The quantitative estimate of drug-likeness (QED) is 0.733. The molecule has 0 fully saturated rings. The molecule has 0 aliphatic rings. The van der Waals surface area contributed by atoms with Crippen LogP contribution < -0.4 is 0 Å². The summed E-state index contributed by atoms with van der Waals surface area (Å²) in [7, 11) is 0. The number of hydrogen-bond acceptors (Lipinski definition) is 2. The highest BCUT2D eigenvalue weighted by Gasteiger charge is 2.08. The molecule has 0 saturated heterocycles. The van der Waals surface area contributed by atoms with E-state index in [9.17, 15) is 4.79 Å². The van der Waals surface area contributed by atoms with E-state index in [2.05, 4.69) is 0 Å². The van der Waals surface area contributed by atoms with Crippen molar-refractivity contribution in [3.63, 3.8) is 0 Å². The van der Waals surface area contributed by atoms with Crippen molar-refractivity contribution >= 4 is 29.1 Å². The Morgan fingerprint density at radius 1 is 1.50 bits per heavy atom. The molecule has 0 saturated carbocycles. The predicted molar refractivity (Wildman–Crippen MR) is 63.5 cm³/mol. The molecular formula is C11H13ClOS. The van der Waals surface area contributed by atoms with Gasteiger partial charge in [0.1, 0.15) is 0 Å². The van der Waals surface area contributed by atoms with E-state index < -0.39 is 0 Å². The van der Waals surface area contributed by atoms with Crippen LogP contribution in [0.5, 0.6) is 0 Å². The van der Waals surface area contributed by atoms with Crippen LogP contribution in [0.25, 0.3) is 0 Å². The number of hydrogen-bond donors (Lipinski definition) is 0. The van der Waals surface area contributed by atoms with Crippen molar-refractivity contribution in [2.45, 2.75) is 13.3 Å². The highest BCUT2D eigenvalue weighted by Crippen LogP contribution is 2.17. The molecule has 0 radical (unpaired) electrons. The minimum atomic E-state index is 0.180. The van der Waals surface area contributed by atoms with Crippen molar-refractivity contribution in [3.8, 4) is 0 Å². The van der Waals surface area contributed by atoms with Crippen LogP contribution in [0, 0.1) is 6.92 Å². The number of halogens is 1. The Balaban J connectivity index is 2.83. The smallest absolute Gasteiger partial charge is 0.164 e. The summed E-state index contributed by atoms with van der Waals surface area (Å²) in [6.45, 7) is 1.93. The molecule has 0 N–H and O–H groups in total. The van der Waals surface area contributed by atoms with Gasteiger partial charge in [-0.15, -0.1) is 0 Å². The number of rotatable bonds is 4. The normalized spacial score (nSPS) is 10.2. The van der Waals surface area contributed by atoms with Gasteiger partial charge in [-0.3, -0.25) is 4.79 Å². The number of aryl methyl sites for hydroxylation is 1. The van der Waals surface area contributed by atoms with Crippen LogP contribution in [0.4, 0.5) is 0 Å². The Bertz CT molecular complexity index is 336. The maximum absolute atomic E-state index is 11.7. The zero-order valence-corrected chi connectivity index (χ0v) is 9.91. The third-order valence-electron chi connectivity index (χ3n) is 2.03. The highest BCUT2D eigenvalue weighted by molar-refractivity contribution is 7.98. The summed E-state index contributed by atoms with van der Waals surface area (Å²) in [5.74, 6) is 1.05. The zero-order chi connectivity index (χ0) is 10.6. The number of carbonyl (C=O) groups excluding carboxylic acids is 1. The lowest BCUT2D eigenvalue weighted by molar-refractivity contribution is 0.0989. The second-order valence-electron chi connectivity index (χ2n) is 3.13. The molecule has 0 unspecified atom stereocenters. The minimum Gasteiger partial charge on any atom is -0.294 e. The van der Waals surface area contributed by atoms with Gasteiger partial charge in [0.25, 0.3) is 0 Å². The Kier molecular flexibility index (Phi) is 4.49. The van der Waals surface area contributed by atoms with Gasteiger partial charge in [-0.1, -0.05) is 17.7 Å². The Morgan fingerprint density at radius 2 is 2.21 bits per heavy atom. The molecule has 1 rings (SSSR count). The maximum Gasteiger partial charge on any atom is 0.164 e. The van der Waals surface area contributed by atoms with E-state index in [1.807, 2.05) is 25.3 Å². The first kappa shape index (κ1) is 11.6. The molecule has 0 aliphatic heterocycles. The van der Waals surface area contributed by atoms with Crippen molar-refractivity contribution < 1.29 is 4.79 Å². The van der Waals surface area contributed by atoms with Gasteiger partial charge in [-0.25, -0.2) is 0 Å². The van der Waals surface area contributed by atoms with E-state index >= 15 is 0 Å². The predicted octanol–water partition coefficient (Wildman–Crippen LogP) is 3.58. The number of Topliss-reactive ketones (excluding diaryl/α,β-unsaturated/α-hetero) is 1. The molecule has 0 amide bonds. The van der Waals surface area contributed by atoms with E-state index in [1.165, 1.54) is 0 Å². The van der Waals surface area contributed by atoms with E-state index in [0.717, 1.165) is 16.9 Å². The van der Waals surface area contributed by atoms with Gasteiger partial charge in [0.2, 0.25) is 0 Å². The fourth-order valence-electron chi connectivity index (χ4n) is 1.22. The number of carbonyl (C=O) groups is 1. The molecule has 0 spiro atoms. The Labute approximate surface area is 93.8 Å². The van der Waals surface area contributed by atoms with Crippen molar-refractivity contribution in [1.29, 1.82) is 0 Å². The Hall–Kier alpha value is -0.470. The van der Waals surface area contributed by atoms with E-state index in [-0.39, 0.29) is 5.78 Å². The molecule has 1 nitrogen and oxygen atoms in total. The number of benzene rings is 1. The summed E-state index contributed by atoms with van der Waals surface area (Å²) in [4.78, 5) is 11.7. The van der Waals surface area contributed by atoms with Gasteiger partial charge in [-0.2, -0.15) is 11.8 Å². The lowest BCUT2D eigenvalue weighted by Gasteiger charge is -2.04. The molecule has 76 valence electrons. The topological polar surface area (TPSA) is 17.1 Å². The molecule has 1 aromatic rings. The summed E-state index contributed by atoms with van der Waals surface area (Å²) >= 11 is 7.52. The van der Waals surface area contributed by atoms with Gasteiger partial charge in [0.05, 0.1) is 0 Å². The fraction of sp³-hybridized carbons (Fsp3) is 0.364. The first-order valence-electron chi connectivity index (χ1n) is 4.43. The SMILES string of the molecule is CSCCC(=O)c1cc(Cl)ccc1C. The second-order valence-corrected chi connectivity index (χ2v) is 4.55. The maximum atomic E-state index is 11.7. The van der Waals surface area contributed by atoms with Gasteiger partial charge in [0, 0.05) is 22.8 Å². The van der Waals surface area contributed by atoms with Gasteiger partial charge in [0.15, 0.2) is 5.78 Å². The molecule has 0 aromatic heterocycles. The molecule has 0 heterocycles. The standard InChI is InChI=1S/C11H13ClOS/c1-8-3-4-9(12)7-10(8)11(13)5-6-14-2/h3-4,7H,5-6H2,1-2H3. The molecule has 0 atom stereocenters. The summed E-state index contributed by atoms with van der Waals surface area (Å²) in [5.41, 5.74) is 1.76. The summed E-state index contributed by atoms with van der Waals surface area (Å²) in [6, 6.07) is 5.44. The summed E-state index contributed by atoms with van der Waals surface area (Å²) in [6.07, 6.45) is 2.58. The van der Waals surface area contributed by atoms with Gasteiger partial charge in [-0.05, 0) is 30.9 Å². The van der Waals surface area contributed by atoms with E-state index in [4.69, 9.17) is 11.6 Å². The molecule has 14 heavy (non-hydrogen) atoms. The zero-order valence-electron chi connectivity index (χ0n) is 8.34. The number of thioether (sulfide) groups is 1. The third kappa shape index (κ3) is 3.03. The third-order valence-corrected chi connectivity index (χ3v) is 2.88. The van der Waals surface area contributed by atoms with Crippen LogP contribution in [0.3, 0.4) is 0 Å². The van der Waals surface area contributed by atoms with Gasteiger partial charge >= 0.3 is 0 Å². The van der Waals surface area contributed by atoms with Crippen LogP contribution in [-0.4, -0.2) is 17.8 Å². The average molecular weight is 229 g/mol. The average Bonchev–Trinajstić information content (AvgIpc) is 2.18. The van der Waals surface area contributed by atoms with Crippen LogP contribution >= 0.6 is 23.4 Å². The van der Waals surface area contributed by atoms with Crippen LogP contribution in [-0.2, 0) is 0 Å². The second kappa shape index (κ2) is 5.42. The van der Waals surface area contributed by atoms with Crippen molar-refractivity contribution in [3.05, 3.63) is 34.3 Å². The van der Waals surface area contributed by atoms with Gasteiger partial charge < -0.3 is 0 Å². The molecule has 1 aromatic carbocycles. The fourth-order valence-corrected chi connectivity index (χ4v) is 1.79. The first-order chi connectivity index (χ1) is 6.65. The van der Waals surface area contributed by atoms with Crippen molar-refractivity contribution in [1.82, 2.24) is 0 Å².